The average molecular weight is 405 g/mol. The normalized spacial score (nSPS) is 31.9. The number of rotatable bonds is 3. The molecule has 3 N–H and O–H groups in total. The quantitative estimate of drug-likeness (QED) is 0.667. The van der Waals surface area contributed by atoms with Crippen LogP contribution in [0.4, 0.5) is 17.6 Å². The predicted octanol–water partition coefficient (Wildman–Crippen LogP) is 1.62. The molecule has 10 heteroatoms. The molecule has 5 atom stereocenters. The van der Waals surface area contributed by atoms with E-state index in [9.17, 15) is 27.8 Å². The van der Waals surface area contributed by atoms with E-state index in [0.29, 0.717) is 0 Å². The monoisotopic (exact) mass is 404 g/mol. The van der Waals surface area contributed by atoms with E-state index in [-0.39, 0.29) is 4.47 Å². The molecule has 0 spiro atoms. The van der Waals surface area contributed by atoms with Crippen LogP contribution in [0.5, 0.6) is 5.75 Å². The summed E-state index contributed by atoms with van der Waals surface area (Å²) in [7, 11) is 0. The first-order valence-corrected chi connectivity index (χ1v) is 7.24. The van der Waals surface area contributed by atoms with Crippen LogP contribution in [0.3, 0.4) is 0 Å². The fraction of sp³-hybridized carbons (Fsp3) is 0.538. The van der Waals surface area contributed by atoms with Crippen LogP contribution in [-0.2, 0) is 10.9 Å². The summed E-state index contributed by atoms with van der Waals surface area (Å²) in [5, 5.41) is 28.0. The first-order valence-electron chi connectivity index (χ1n) is 6.45. The standard InChI is InChI=1S/C13H13BrF4O5/c14-5-1-2-7(6(3-5)13(16,17)18)22-12-9(15)11(21)10(20)8(4-19)23-12/h1-3,8-12,19-21H,4H2/t8?,9?,10-,11?,12+/m1/s1. The minimum absolute atomic E-state index is 0.141. The summed E-state index contributed by atoms with van der Waals surface area (Å²) in [6, 6.07) is 2.98. The zero-order valence-corrected chi connectivity index (χ0v) is 13.0. The van der Waals surface area contributed by atoms with E-state index >= 15 is 0 Å². The van der Waals surface area contributed by atoms with Gasteiger partial charge in [0.2, 0.25) is 6.29 Å². The molecule has 3 unspecified atom stereocenters. The zero-order chi connectivity index (χ0) is 17.4. The maximum Gasteiger partial charge on any atom is 0.420 e. The van der Waals surface area contributed by atoms with E-state index in [4.69, 9.17) is 14.6 Å². The van der Waals surface area contributed by atoms with Gasteiger partial charge in [-0.3, -0.25) is 0 Å². The second-order valence-electron chi connectivity index (χ2n) is 4.91. The minimum Gasteiger partial charge on any atom is -0.461 e. The SMILES string of the molecule is OCC1O[C@H](Oc2ccc(Br)cc2C(F)(F)F)C(F)C(O)[C@@H]1O. The highest BCUT2D eigenvalue weighted by molar-refractivity contribution is 9.10. The van der Waals surface area contributed by atoms with Gasteiger partial charge in [0.1, 0.15) is 24.1 Å². The van der Waals surface area contributed by atoms with E-state index in [1.165, 1.54) is 6.07 Å². The third kappa shape index (κ3) is 3.94. The van der Waals surface area contributed by atoms with Crippen molar-refractivity contribution in [2.45, 2.75) is 36.9 Å². The summed E-state index contributed by atoms with van der Waals surface area (Å²) in [6.45, 7) is -0.767. The Morgan fingerprint density at radius 3 is 2.43 bits per heavy atom. The molecule has 0 saturated carbocycles. The number of benzene rings is 1. The van der Waals surface area contributed by atoms with Gasteiger partial charge in [0.15, 0.2) is 6.17 Å². The highest BCUT2D eigenvalue weighted by Gasteiger charge is 2.47. The molecule has 1 aliphatic heterocycles. The van der Waals surface area contributed by atoms with Gasteiger partial charge < -0.3 is 24.8 Å². The molecular formula is C13H13BrF4O5. The van der Waals surface area contributed by atoms with Crippen LogP contribution in [-0.4, -0.2) is 52.7 Å². The number of aliphatic hydroxyl groups is 3. The first-order chi connectivity index (χ1) is 10.6. The molecule has 1 fully saturated rings. The van der Waals surface area contributed by atoms with Crippen molar-refractivity contribution in [3.05, 3.63) is 28.2 Å². The van der Waals surface area contributed by atoms with Crippen molar-refractivity contribution in [2.75, 3.05) is 6.61 Å². The van der Waals surface area contributed by atoms with Crippen molar-refractivity contribution in [1.82, 2.24) is 0 Å². The van der Waals surface area contributed by atoms with Crippen molar-refractivity contribution in [2.24, 2.45) is 0 Å². The maximum atomic E-state index is 14.0. The molecule has 2 rings (SSSR count). The van der Waals surface area contributed by atoms with Gasteiger partial charge >= 0.3 is 6.18 Å². The number of hydrogen-bond donors (Lipinski definition) is 3. The number of halogens is 5. The lowest BCUT2D eigenvalue weighted by Gasteiger charge is -2.38. The predicted molar refractivity (Wildman–Crippen MR) is 72.4 cm³/mol. The molecule has 0 amide bonds. The third-order valence-electron chi connectivity index (χ3n) is 3.30. The molecule has 1 aliphatic rings. The number of ether oxygens (including phenoxy) is 2. The van der Waals surface area contributed by atoms with Gasteiger partial charge in [0.25, 0.3) is 0 Å². The van der Waals surface area contributed by atoms with E-state index in [2.05, 4.69) is 15.9 Å². The summed E-state index contributed by atoms with van der Waals surface area (Å²) < 4.78 is 62.9. The first kappa shape index (κ1) is 18.4. The molecule has 1 aromatic rings. The molecule has 0 aliphatic carbocycles. The summed E-state index contributed by atoms with van der Waals surface area (Å²) >= 11 is 2.90. The highest BCUT2D eigenvalue weighted by atomic mass is 79.9. The van der Waals surface area contributed by atoms with E-state index < -0.39 is 54.9 Å². The topological polar surface area (TPSA) is 79.2 Å². The zero-order valence-electron chi connectivity index (χ0n) is 11.4. The molecule has 1 heterocycles. The Balaban J connectivity index is 2.28. The maximum absolute atomic E-state index is 14.0. The lowest BCUT2D eigenvalue weighted by molar-refractivity contribution is -0.262. The summed E-state index contributed by atoms with van der Waals surface area (Å²) in [5.41, 5.74) is -1.16. The van der Waals surface area contributed by atoms with Crippen LogP contribution >= 0.6 is 15.9 Å². The Bertz CT molecular complexity index is 554. The Morgan fingerprint density at radius 1 is 1.22 bits per heavy atom. The van der Waals surface area contributed by atoms with Crippen LogP contribution in [0, 0.1) is 0 Å². The number of aliphatic hydroxyl groups excluding tert-OH is 3. The van der Waals surface area contributed by atoms with Gasteiger partial charge in [0.05, 0.1) is 12.2 Å². The van der Waals surface area contributed by atoms with Gasteiger partial charge in [-0.25, -0.2) is 4.39 Å². The van der Waals surface area contributed by atoms with Gasteiger partial charge in [-0.15, -0.1) is 0 Å². The molecule has 0 radical (unpaired) electrons. The van der Waals surface area contributed by atoms with Crippen molar-refractivity contribution < 1.29 is 42.4 Å². The van der Waals surface area contributed by atoms with Crippen LogP contribution in [0.2, 0.25) is 0 Å². The molecule has 130 valence electrons. The Morgan fingerprint density at radius 2 is 1.87 bits per heavy atom. The fourth-order valence-electron chi connectivity index (χ4n) is 2.09. The third-order valence-corrected chi connectivity index (χ3v) is 3.79. The fourth-order valence-corrected chi connectivity index (χ4v) is 2.45. The second kappa shape index (κ2) is 6.89. The van der Waals surface area contributed by atoms with Crippen molar-refractivity contribution in [1.29, 1.82) is 0 Å². The summed E-state index contributed by atoms with van der Waals surface area (Å²) in [5.74, 6) is -0.700. The van der Waals surface area contributed by atoms with E-state index in [1.807, 2.05) is 0 Å². The molecule has 1 saturated heterocycles. The molecule has 0 aromatic heterocycles. The minimum atomic E-state index is -4.76. The number of alkyl halides is 4. The lowest BCUT2D eigenvalue weighted by atomic mass is 10.0. The Hall–Kier alpha value is -0.940. The smallest absolute Gasteiger partial charge is 0.420 e. The van der Waals surface area contributed by atoms with Crippen molar-refractivity contribution in [3.63, 3.8) is 0 Å². The van der Waals surface area contributed by atoms with Crippen LogP contribution in [0.1, 0.15) is 5.56 Å². The van der Waals surface area contributed by atoms with E-state index in [0.717, 1.165) is 12.1 Å². The van der Waals surface area contributed by atoms with Gasteiger partial charge in [-0.2, -0.15) is 13.2 Å². The lowest BCUT2D eigenvalue weighted by Crippen LogP contribution is -2.58. The van der Waals surface area contributed by atoms with Gasteiger partial charge in [-0.1, -0.05) is 15.9 Å². The Labute approximate surface area is 136 Å². The summed E-state index contributed by atoms with van der Waals surface area (Å²) in [4.78, 5) is 0. The van der Waals surface area contributed by atoms with Crippen molar-refractivity contribution >= 4 is 15.9 Å². The largest absolute Gasteiger partial charge is 0.461 e. The second-order valence-corrected chi connectivity index (χ2v) is 5.82. The molecule has 23 heavy (non-hydrogen) atoms. The van der Waals surface area contributed by atoms with Crippen molar-refractivity contribution in [3.8, 4) is 5.75 Å². The van der Waals surface area contributed by atoms with Gasteiger partial charge in [-0.05, 0) is 18.2 Å². The van der Waals surface area contributed by atoms with Crippen LogP contribution < -0.4 is 4.74 Å². The van der Waals surface area contributed by atoms with Crippen LogP contribution in [0.15, 0.2) is 22.7 Å². The number of hydrogen-bond acceptors (Lipinski definition) is 5. The Kier molecular flexibility index (Phi) is 5.52. The van der Waals surface area contributed by atoms with Gasteiger partial charge in [0, 0.05) is 4.47 Å². The van der Waals surface area contributed by atoms with Crippen LogP contribution in [0.25, 0.3) is 0 Å². The molecule has 5 nitrogen and oxygen atoms in total. The highest BCUT2D eigenvalue weighted by Crippen LogP contribution is 2.39. The molecular weight excluding hydrogens is 392 g/mol. The summed E-state index contributed by atoms with van der Waals surface area (Å²) in [6.07, 6.45) is -14.0. The van der Waals surface area contributed by atoms with E-state index in [1.54, 1.807) is 0 Å². The molecule has 0 bridgehead atoms. The molecule has 1 aromatic carbocycles. The average Bonchev–Trinajstić information content (AvgIpc) is 2.48.